The summed E-state index contributed by atoms with van der Waals surface area (Å²) in [7, 11) is 0. The highest BCUT2D eigenvalue weighted by molar-refractivity contribution is 5.57. The van der Waals surface area contributed by atoms with E-state index in [1.54, 1.807) is 0 Å². The molecule has 1 aromatic carbocycles. The van der Waals surface area contributed by atoms with Gasteiger partial charge in [0.2, 0.25) is 0 Å². The van der Waals surface area contributed by atoms with Crippen LogP contribution in [0.4, 0.5) is 11.4 Å². The number of hydrogen-bond acceptors (Lipinski definition) is 0. The Kier molecular flexibility index (Phi) is 15.6. The molecule has 0 saturated carbocycles. The molecule has 1 aromatic rings. The van der Waals surface area contributed by atoms with Gasteiger partial charge in [-0.2, -0.15) is 0 Å². The molecular weight excluding hydrogens is 570 g/mol. The van der Waals surface area contributed by atoms with E-state index in [1.807, 2.05) is 36.5 Å². The molecule has 0 bridgehead atoms. The van der Waals surface area contributed by atoms with Gasteiger partial charge in [-0.25, -0.2) is 0 Å². The summed E-state index contributed by atoms with van der Waals surface area (Å²) in [5.74, 6) is 0. The summed E-state index contributed by atoms with van der Waals surface area (Å²) in [6, 6.07) is 8.80. The molecule has 4 heteroatoms. The molecule has 0 spiro atoms. The van der Waals surface area contributed by atoms with E-state index in [0.29, 0.717) is 0 Å². The average Bonchev–Trinajstić information content (AvgIpc) is 2.63. The van der Waals surface area contributed by atoms with E-state index in [4.69, 9.17) is 0 Å². The number of nitrogens with zero attached hydrogens (tertiary/aromatic N) is 2. The third-order valence-corrected chi connectivity index (χ3v) is 4.80. The van der Waals surface area contributed by atoms with Gasteiger partial charge in [-0.15, -0.1) is 0 Å². The van der Waals surface area contributed by atoms with Crippen LogP contribution in [0.25, 0.3) is 0 Å². The topological polar surface area (TPSA) is 0 Å². The number of quaternary nitrogens is 2. The van der Waals surface area contributed by atoms with Crippen LogP contribution in [0.5, 0.6) is 0 Å². The Hall–Kier alpha value is -0.960. The number of rotatable bonds is 14. The molecule has 0 saturated heterocycles. The van der Waals surface area contributed by atoms with E-state index >= 15 is 0 Å². The van der Waals surface area contributed by atoms with Gasteiger partial charge in [-0.1, -0.05) is 45.5 Å². The maximum absolute atomic E-state index is 3.97. The molecule has 0 amide bonds. The van der Waals surface area contributed by atoms with Crippen molar-refractivity contribution in [3.63, 3.8) is 0 Å². The van der Waals surface area contributed by atoms with Crippen molar-refractivity contribution in [1.82, 2.24) is 8.97 Å². The minimum atomic E-state index is 0. The smallest absolute Gasteiger partial charge is 0.139 e. The van der Waals surface area contributed by atoms with Crippen molar-refractivity contribution in [1.29, 1.82) is 0 Å². The van der Waals surface area contributed by atoms with Gasteiger partial charge >= 0.3 is 0 Å². The molecule has 0 aliphatic heterocycles. The lowest BCUT2D eigenvalue weighted by molar-refractivity contribution is -0.001000. The second-order valence-electron chi connectivity index (χ2n) is 6.64. The van der Waals surface area contributed by atoms with Gasteiger partial charge in [0, 0.05) is 0 Å². The summed E-state index contributed by atoms with van der Waals surface area (Å²) in [6.45, 7) is 28.8. The van der Waals surface area contributed by atoms with Gasteiger partial charge in [0.05, 0.1) is 6.07 Å². The Morgan fingerprint density at radius 3 is 1.00 bits per heavy atom. The largest absolute Gasteiger partial charge is 1.00 e. The molecule has 0 aliphatic rings. The summed E-state index contributed by atoms with van der Waals surface area (Å²) in [6.07, 6.45) is 11.8. The fourth-order valence-corrected chi connectivity index (χ4v) is 3.65. The second kappa shape index (κ2) is 15.0. The third kappa shape index (κ3) is 7.13. The zero-order valence-electron chi connectivity index (χ0n) is 16.9. The number of benzene rings is 1. The highest BCUT2D eigenvalue weighted by Gasteiger charge is 2.32. The summed E-state index contributed by atoms with van der Waals surface area (Å²) in [5, 5.41) is 0. The summed E-state index contributed by atoms with van der Waals surface area (Å²) < 4.78 is 1.47. The SMILES string of the molecule is C=CC[N+](CC=C)(CC=C)c1cccc([N+](CC=C)(CC=C)CC=C)c1.[I-].[I-]. The van der Waals surface area contributed by atoms with Crippen molar-refractivity contribution in [2.24, 2.45) is 0 Å². The quantitative estimate of drug-likeness (QED) is 0.152. The van der Waals surface area contributed by atoms with Crippen molar-refractivity contribution in [3.05, 3.63) is 100 Å². The first-order valence-electron chi connectivity index (χ1n) is 9.06. The second-order valence-corrected chi connectivity index (χ2v) is 6.64. The normalized spacial score (nSPS) is 10.6. The molecule has 0 N–H and O–H groups in total. The molecule has 154 valence electrons. The molecule has 0 atom stereocenters. The number of halogens is 2. The van der Waals surface area contributed by atoms with Gasteiger partial charge < -0.3 is 48.0 Å². The van der Waals surface area contributed by atoms with Crippen LogP contribution in [0.3, 0.4) is 0 Å². The van der Waals surface area contributed by atoms with Crippen LogP contribution in [0.15, 0.2) is 100 Å². The maximum atomic E-state index is 3.97. The lowest BCUT2D eigenvalue weighted by Crippen LogP contribution is -3.00. The van der Waals surface area contributed by atoms with Crippen molar-refractivity contribution >= 4 is 11.4 Å². The molecule has 28 heavy (non-hydrogen) atoms. The first kappa shape index (κ1) is 29.2. The third-order valence-electron chi connectivity index (χ3n) is 4.80. The van der Waals surface area contributed by atoms with Crippen LogP contribution in [0.1, 0.15) is 0 Å². The molecule has 0 unspecified atom stereocenters. The van der Waals surface area contributed by atoms with Crippen LogP contribution in [-0.2, 0) is 0 Å². The predicted molar refractivity (Wildman–Crippen MR) is 120 cm³/mol. The molecule has 0 aliphatic carbocycles. The predicted octanol–water partition coefficient (Wildman–Crippen LogP) is -0.575. The lowest BCUT2D eigenvalue weighted by Gasteiger charge is -2.39. The fraction of sp³-hybridized carbons (Fsp3) is 0.250. The Balaban J connectivity index is 0. The van der Waals surface area contributed by atoms with Gasteiger partial charge in [0.25, 0.3) is 0 Å². The van der Waals surface area contributed by atoms with Gasteiger partial charge in [0.1, 0.15) is 50.6 Å². The Bertz CT molecular complexity index is 558. The fourth-order valence-electron chi connectivity index (χ4n) is 3.65. The Labute approximate surface area is 206 Å². The monoisotopic (exact) mass is 604 g/mol. The zero-order chi connectivity index (χ0) is 19.5. The standard InChI is InChI=1S/C24H34N2.2HI/c1-7-16-25(17-8-2,18-9-3)23-14-13-15-24(22-23)26(19-10-4,20-11-5)21-12-6;;/h7-15,22H,1-6,16-21H2;2*1H/q+2;;/p-2. The molecule has 0 radical (unpaired) electrons. The lowest BCUT2D eigenvalue weighted by atomic mass is 10.1. The van der Waals surface area contributed by atoms with E-state index in [0.717, 1.165) is 48.2 Å². The van der Waals surface area contributed by atoms with Crippen molar-refractivity contribution in [3.8, 4) is 0 Å². The molecule has 0 aromatic heterocycles. The Morgan fingerprint density at radius 1 is 0.536 bits per heavy atom. The molecule has 2 nitrogen and oxygen atoms in total. The number of hydrogen-bond donors (Lipinski definition) is 0. The summed E-state index contributed by atoms with van der Waals surface area (Å²) in [5.41, 5.74) is 2.48. The first-order valence-corrected chi connectivity index (χ1v) is 9.06. The zero-order valence-corrected chi connectivity index (χ0v) is 21.2. The van der Waals surface area contributed by atoms with Crippen LogP contribution >= 0.6 is 0 Å². The van der Waals surface area contributed by atoms with Crippen molar-refractivity contribution in [2.45, 2.75) is 0 Å². The summed E-state index contributed by atoms with van der Waals surface area (Å²) in [4.78, 5) is 0. The van der Waals surface area contributed by atoms with Gasteiger partial charge in [-0.3, -0.25) is 8.97 Å². The van der Waals surface area contributed by atoms with E-state index in [1.165, 1.54) is 11.4 Å². The van der Waals surface area contributed by atoms with Crippen molar-refractivity contribution in [2.75, 3.05) is 39.3 Å². The highest BCUT2D eigenvalue weighted by Crippen LogP contribution is 2.32. The van der Waals surface area contributed by atoms with E-state index in [9.17, 15) is 0 Å². The van der Waals surface area contributed by atoms with Crippen LogP contribution < -0.4 is 56.9 Å². The minimum Gasteiger partial charge on any atom is -1.00 e. The molecule has 0 fully saturated rings. The average molecular weight is 604 g/mol. The van der Waals surface area contributed by atoms with Crippen LogP contribution in [0.2, 0.25) is 0 Å². The van der Waals surface area contributed by atoms with Crippen LogP contribution in [-0.4, -0.2) is 39.3 Å². The molecule has 0 heterocycles. The van der Waals surface area contributed by atoms with Gasteiger partial charge in [-0.05, 0) is 48.6 Å². The minimum absolute atomic E-state index is 0. The van der Waals surface area contributed by atoms with E-state index < -0.39 is 0 Å². The molecule has 1 rings (SSSR count). The Morgan fingerprint density at radius 2 is 0.786 bits per heavy atom. The van der Waals surface area contributed by atoms with E-state index in [2.05, 4.69) is 63.7 Å². The highest BCUT2D eigenvalue weighted by atomic mass is 127. The maximum Gasteiger partial charge on any atom is 0.139 e. The summed E-state index contributed by atoms with van der Waals surface area (Å²) >= 11 is 0. The van der Waals surface area contributed by atoms with Crippen LogP contribution in [0, 0.1) is 0 Å². The van der Waals surface area contributed by atoms with Gasteiger partial charge in [0.15, 0.2) is 0 Å². The van der Waals surface area contributed by atoms with E-state index in [-0.39, 0.29) is 48.0 Å². The van der Waals surface area contributed by atoms with Crippen molar-refractivity contribution < 1.29 is 48.0 Å². The first-order chi connectivity index (χ1) is 12.6. The molecular formula is C24H34I2N2.